The molecule has 1 aromatic heterocycles. The fourth-order valence-corrected chi connectivity index (χ4v) is 3.43. The predicted molar refractivity (Wildman–Crippen MR) is 99.6 cm³/mol. The van der Waals surface area contributed by atoms with E-state index < -0.39 is 0 Å². The van der Waals surface area contributed by atoms with Gasteiger partial charge in [-0.1, -0.05) is 29.8 Å². The molecule has 26 heavy (non-hydrogen) atoms. The second-order valence-corrected chi connectivity index (χ2v) is 6.57. The lowest BCUT2D eigenvalue weighted by Gasteiger charge is -2.37. The number of anilines is 1. The second-order valence-electron chi connectivity index (χ2n) is 6.57. The average molecular weight is 349 g/mol. The van der Waals surface area contributed by atoms with Crippen LogP contribution in [0.1, 0.15) is 22.9 Å². The maximum atomic E-state index is 13.1. The van der Waals surface area contributed by atoms with Gasteiger partial charge in [-0.05, 0) is 48.9 Å². The minimum absolute atomic E-state index is 0.153. The quantitative estimate of drug-likeness (QED) is 0.723. The van der Waals surface area contributed by atoms with Crippen molar-refractivity contribution in [2.24, 2.45) is 0 Å². The van der Waals surface area contributed by atoms with Crippen molar-refractivity contribution in [1.82, 2.24) is 9.47 Å². The molecule has 5 heteroatoms. The van der Waals surface area contributed by atoms with Gasteiger partial charge in [0, 0.05) is 30.7 Å². The van der Waals surface area contributed by atoms with Gasteiger partial charge in [-0.2, -0.15) is 0 Å². The molecule has 2 heterocycles. The second kappa shape index (κ2) is 6.67. The molecule has 0 bridgehead atoms. The van der Waals surface area contributed by atoms with E-state index in [2.05, 4.69) is 40.2 Å². The summed E-state index contributed by atoms with van der Waals surface area (Å²) in [5.74, 6) is -0.323. The largest absolute Gasteiger partial charge is 0.348 e. The molecule has 0 saturated carbocycles. The minimum Gasteiger partial charge on any atom is -0.348 e. The van der Waals surface area contributed by atoms with E-state index >= 15 is 0 Å². The molecular weight excluding hydrogens is 329 g/mol. The van der Waals surface area contributed by atoms with E-state index in [1.54, 1.807) is 12.1 Å². The van der Waals surface area contributed by atoms with Gasteiger partial charge in [0.25, 0.3) is 0 Å². The van der Waals surface area contributed by atoms with E-state index in [1.165, 1.54) is 17.7 Å². The van der Waals surface area contributed by atoms with Crippen molar-refractivity contribution in [2.45, 2.75) is 19.5 Å². The first-order valence-corrected chi connectivity index (χ1v) is 8.66. The number of carbonyl (C=O) groups is 1. The number of aryl methyl sites for hydroxylation is 1. The lowest BCUT2D eigenvalue weighted by atomic mass is 9.99. The number of fused-ring (bicyclic) bond motifs is 1. The number of nitrogens with zero attached hydrogens (tertiary/aromatic N) is 2. The highest BCUT2D eigenvalue weighted by molar-refractivity contribution is 5.90. The molecule has 0 saturated heterocycles. The molecular formula is C21H20FN3O. The van der Waals surface area contributed by atoms with E-state index in [1.807, 2.05) is 24.1 Å². The van der Waals surface area contributed by atoms with Crippen molar-refractivity contribution in [3.05, 3.63) is 89.5 Å². The molecule has 2 amide bonds. The zero-order chi connectivity index (χ0) is 18.1. The maximum Gasteiger partial charge on any atom is 0.322 e. The topological polar surface area (TPSA) is 37.3 Å². The van der Waals surface area contributed by atoms with Crippen LogP contribution in [0, 0.1) is 12.7 Å². The Hall–Kier alpha value is -3.08. The standard InChI is InChI=1S/C21H20FN3O/c1-15-4-6-16(7-5-15)20-19-3-2-12-24(19)13-14-25(20)21(26)23-18-10-8-17(22)9-11-18/h2-12,20H,13-14H2,1H3,(H,23,26)/t20-/m0/s1. The molecule has 132 valence electrons. The van der Waals surface area contributed by atoms with Crippen LogP contribution in [-0.4, -0.2) is 22.0 Å². The predicted octanol–water partition coefficient (Wildman–Crippen LogP) is 4.57. The molecule has 2 aromatic carbocycles. The van der Waals surface area contributed by atoms with Gasteiger partial charge in [0.2, 0.25) is 0 Å². The fourth-order valence-electron chi connectivity index (χ4n) is 3.43. The number of amides is 2. The third kappa shape index (κ3) is 3.08. The lowest BCUT2D eigenvalue weighted by molar-refractivity contribution is 0.182. The first-order chi connectivity index (χ1) is 12.6. The number of rotatable bonds is 2. The van der Waals surface area contributed by atoms with Gasteiger partial charge in [0.05, 0.1) is 6.04 Å². The lowest BCUT2D eigenvalue weighted by Crippen LogP contribution is -2.44. The molecule has 0 radical (unpaired) electrons. The Morgan fingerprint density at radius 2 is 1.77 bits per heavy atom. The Balaban J connectivity index is 1.66. The molecule has 0 unspecified atom stereocenters. The van der Waals surface area contributed by atoms with E-state index in [4.69, 9.17) is 0 Å². The number of halogens is 1. The van der Waals surface area contributed by atoms with E-state index in [0.29, 0.717) is 12.2 Å². The number of carbonyl (C=O) groups excluding carboxylic acids is 1. The summed E-state index contributed by atoms with van der Waals surface area (Å²) in [6.07, 6.45) is 2.05. The number of hydrogen-bond donors (Lipinski definition) is 1. The van der Waals surface area contributed by atoms with Gasteiger partial charge in [0.1, 0.15) is 5.82 Å². The maximum absolute atomic E-state index is 13.1. The zero-order valence-corrected chi connectivity index (χ0v) is 14.5. The Kier molecular flexibility index (Phi) is 4.21. The fraction of sp³-hybridized carbons (Fsp3) is 0.190. The summed E-state index contributed by atoms with van der Waals surface area (Å²) in [7, 11) is 0. The summed E-state index contributed by atoms with van der Waals surface area (Å²) < 4.78 is 15.3. The number of benzene rings is 2. The van der Waals surface area contributed by atoms with Crippen molar-refractivity contribution in [2.75, 3.05) is 11.9 Å². The Morgan fingerprint density at radius 1 is 1.04 bits per heavy atom. The Morgan fingerprint density at radius 3 is 2.50 bits per heavy atom. The molecule has 4 rings (SSSR count). The van der Waals surface area contributed by atoms with Crippen LogP contribution in [0.15, 0.2) is 66.9 Å². The van der Waals surface area contributed by atoms with Gasteiger partial charge in [-0.15, -0.1) is 0 Å². The van der Waals surface area contributed by atoms with Crippen molar-refractivity contribution < 1.29 is 9.18 Å². The van der Waals surface area contributed by atoms with Crippen LogP contribution in [0.3, 0.4) is 0 Å². The molecule has 0 spiro atoms. The number of aromatic nitrogens is 1. The number of urea groups is 1. The summed E-state index contributed by atoms with van der Waals surface area (Å²) in [5, 5.41) is 2.88. The van der Waals surface area contributed by atoms with E-state index in [9.17, 15) is 9.18 Å². The third-order valence-electron chi connectivity index (χ3n) is 4.79. The molecule has 1 N–H and O–H groups in total. The molecule has 1 atom stereocenters. The first kappa shape index (κ1) is 16.4. The van der Waals surface area contributed by atoms with Gasteiger partial charge in [-0.25, -0.2) is 9.18 Å². The van der Waals surface area contributed by atoms with Crippen molar-refractivity contribution in [3.63, 3.8) is 0 Å². The highest BCUT2D eigenvalue weighted by Gasteiger charge is 2.32. The van der Waals surface area contributed by atoms with Crippen LogP contribution in [0.25, 0.3) is 0 Å². The first-order valence-electron chi connectivity index (χ1n) is 8.66. The molecule has 0 fully saturated rings. The summed E-state index contributed by atoms with van der Waals surface area (Å²) in [4.78, 5) is 14.8. The molecule has 3 aromatic rings. The Bertz CT molecular complexity index is 915. The van der Waals surface area contributed by atoms with Crippen LogP contribution in [0.2, 0.25) is 0 Å². The summed E-state index contributed by atoms with van der Waals surface area (Å²) in [6.45, 7) is 3.40. The monoisotopic (exact) mass is 349 g/mol. The van der Waals surface area contributed by atoms with Crippen LogP contribution >= 0.6 is 0 Å². The van der Waals surface area contributed by atoms with Crippen LogP contribution < -0.4 is 5.32 Å². The molecule has 0 aliphatic carbocycles. The zero-order valence-electron chi connectivity index (χ0n) is 14.5. The molecule has 1 aliphatic heterocycles. The summed E-state index contributed by atoms with van der Waals surface area (Å²) >= 11 is 0. The molecule has 4 nitrogen and oxygen atoms in total. The smallest absolute Gasteiger partial charge is 0.322 e. The van der Waals surface area contributed by atoms with E-state index in [0.717, 1.165) is 17.8 Å². The van der Waals surface area contributed by atoms with Crippen LogP contribution in [0.4, 0.5) is 14.9 Å². The highest BCUT2D eigenvalue weighted by atomic mass is 19.1. The van der Waals surface area contributed by atoms with Gasteiger partial charge in [-0.3, -0.25) is 0 Å². The van der Waals surface area contributed by atoms with Gasteiger partial charge < -0.3 is 14.8 Å². The van der Waals surface area contributed by atoms with Crippen molar-refractivity contribution in [1.29, 1.82) is 0 Å². The van der Waals surface area contributed by atoms with Crippen molar-refractivity contribution >= 4 is 11.7 Å². The van der Waals surface area contributed by atoms with Gasteiger partial charge >= 0.3 is 6.03 Å². The van der Waals surface area contributed by atoms with Gasteiger partial charge in [0.15, 0.2) is 0 Å². The van der Waals surface area contributed by atoms with E-state index in [-0.39, 0.29) is 17.9 Å². The summed E-state index contributed by atoms with van der Waals surface area (Å²) in [6, 6.07) is 17.8. The number of hydrogen-bond acceptors (Lipinski definition) is 1. The van der Waals surface area contributed by atoms with Crippen LogP contribution in [-0.2, 0) is 6.54 Å². The minimum atomic E-state index is -0.323. The normalized spacial score (nSPS) is 16.2. The molecule has 1 aliphatic rings. The third-order valence-corrected chi connectivity index (χ3v) is 4.79. The summed E-state index contributed by atoms with van der Waals surface area (Å²) in [5.41, 5.74) is 3.93. The SMILES string of the molecule is Cc1ccc([C@H]2c3cccn3CCN2C(=O)Nc2ccc(F)cc2)cc1. The average Bonchev–Trinajstić information content (AvgIpc) is 3.12. The highest BCUT2D eigenvalue weighted by Crippen LogP contribution is 2.33. The van der Waals surface area contributed by atoms with Crippen molar-refractivity contribution in [3.8, 4) is 0 Å². The number of nitrogens with one attached hydrogen (secondary N) is 1. The Labute approximate surface area is 151 Å². The van der Waals surface area contributed by atoms with Crippen LogP contribution in [0.5, 0.6) is 0 Å².